The van der Waals surface area contributed by atoms with Crippen LogP contribution in [-0.2, 0) is 4.74 Å². The van der Waals surface area contributed by atoms with Crippen molar-refractivity contribution in [3.05, 3.63) is 74.3 Å². The van der Waals surface area contributed by atoms with E-state index in [1.54, 1.807) is 33.1 Å². The van der Waals surface area contributed by atoms with Crippen molar-refractivity contribution < 1.29 is 23.7 Å². The molecule has 0 N–H and O–H groups in total. The molecular formula is C27H28ClIO5S. The molecule has 5 nitrogen and oxygen atoms in total. The molecule has 1 aliphatic heterocycles. The number of halogens is 2. The van der Waals surface area contributed by atoms with Gasteiger partial charge in [-0.25, -0.2) is 0 Å². The predicted octanol–water partition coefficient (Wildman–Crippen LogP) is 8.08. The quantitative estimate of drug-likeness (QED) is 0.136. The molecular weight excluding hydrogens is 599 g/mol. The van der Waals surface area contributed by atoms with Gasteiger partial charge in [-0.1, -0.05) is 35.5 Å². The summed E-state index contributed by atoms with van der Waals surface area (Å²) in [7, 11) is 4.85. The van der Waals surface area contributed by atoms with Crippen LogP contribution in [0.5, 0.6) is 23.0 Å². The highest BCUT2D eigenvalue weighted by molar-refractivity contribution is 14.1. The van der Waals surface area contributed by atoms with Crippen LogP contribution >= 0.6 is 46.0 Å². The minimum atomic E-state index is -0.124. The Kier molecular flexibility index (Phi) is 8.97. The van der Waals surface area contributed by atoms with Crippen LogP contribution in [-0.4, -0.2) is 26.8 Å². The summed E-state index contributed by atoms with van der Waals surface area (Å²) in [5, 5.41) is 0.725. The largest absolute Gasteiger partial charge is 0.493 e. The molecule has 1 fully saturated rings. The Hall–Kier alpha value is -1.81. The first-order chi connectivity index (χ1) is 16.9. The number of rotatable bonds is 9. The number of ether oxygens (including phenoxy) is 5. The Balaban J connectivity index is 1.54. The standard InChI is InChI=1S/C27H28ClIO5S/c1-16(35-26-8-6-5-7-20(26)28)33-22-10-9-18(29)15-19(22)23-12-11-21(34-23)17-13-24(30-2)27(32-4)25(14-17)31-3/h5-10,13-16,21,23H,11-12H2,1-4H3. The normalized spacial score (nSPS) is 18.2. The Bertz CT molecular complexity index is 1150. The molecule has 3 unspecified atom stereocenters. The van der Waals surface area contributed by atoms with Crippen molar-refractivity contribution >= 4 is 46.0 Å². The van der Waals surface area contributed by atoms with Crippen LogP contribution in [0.15, 0.2) is 59.5 Å². The smallest absolute Gasteiger partial charge is 0.203 e. The van der Waals surface area contributed by atoms with Crippen LogP contribution < -0.4 is 18.9 Å². The van der Waals surface area contributed by atoms with Crippen LogP contribution in [0.25, 0.3) is 0 Å². The molecule has 1 aliphatic rings. The van der Waals surface area contributed by atoms with Gasteiger partial charge in [-0.05, 0) is 90.4 Å². The summed E-state index contributed by atoms with van der Waals surface area (Å²) >= 11 is 10.3. The second-order valence-electron chi connectivity index (χ2n) is 8.07. The van der Waals surface area contributed by atoms with Crippen LogP contribution in [0.3, 0.4) is 0 Å². The topological polar surface area (TPSA) is 46.2 Å². The number of benzene rings is 3. The van der Waals surface area contributed by atoms with Gasteiger partial charge in [-0.15, -0.1) is 0 Å². The van der Waals surface area contributed by atoms with Gasteiger partial charge in [-0.3, -0.25) is 0 Å². The highest BCUT2D eigenvalue weighted by Gasteiger charge is 2.31. The van der Waals surface area contributed by atoms with Gasteiger partial charge in [0.05, 0.1) is 38.6 Å². The van der Waals surface area contributed by atoms with Crippen molar-refractivity contribution in [2.75, 3.05) is 21.3 Å². The number of hydrogen-bond acceptors (Lipinski definition) is 6. The van der Waals surface area contributed by atoms with E-state index in [4.69, 9.17) is 35.3 Å². The number of thioether (sulfide) groups is 1. The van der Waals surface area contributed by atoms with Crippen molar-refractivity contribution in [1.29, 1.82) is 0 Å². The van der Waals surface area contributed by atoms with E-state index < -0.39 is 0 Å². The second-order valence-corrected chi connectivity index (χ2v) is 11.1. The van der Waals surface area contributed by atoms with Crippen molar-refractivity contribution in [3.8, 4) is 23.0 Å². The fourth-order valence-corrected chi connectivity index (χ4v) is 5.83. The summed E-state index contributed by atoms with van der Waals surface area (Å²) in [4.78, 5) is 0.994. The monoisotopic (exact) mass is 626 g/mol. The van der Waals surface area contributed by atoms with Gasteiger partial charge < -0.3 is 23.7 Å². The van der Waals surface area contributed by atoms with Crippen LogP contribution in [0.4, 0.5) is 0 Å². The molecule has 8 heteroatoms. The lowest BCUT2D eigenvalue weighted by atomic mass is 10.0. The minimum absolute atomic E-state index is 0.0821. The summed E-state index contributed by atoms with van der Waals surface area (Å²) in [6.07, 6.45) is 1.58. The average Bonchev–Trinajstić information content (AvgIpc) is 3.35. The third-order valence-electron chi connectivity index (χ3n) is 5.82. The van der Waals surface area contributed by atoms with Crippen molar-refractivity contribution in [2.24, 2.45) is 0 Å². The maximum Gasteiger partial charge on any atom is 0.203 e. The average molecular weight is 627 g/mol. The van der Waals surface area contributed by atoms with E-state index >= 15 is 0 Å². The zero-order valence-electron chi connectivity index (χ0n) is 20.0. The molecule has 4 rings (SSSR count). The summed E-state index contributed by atoms with van der Waals surface area (Å²) in [6, 6.07) is 17.9. The van der Waals surface area contributed by atoms with Gasteiger partial charge in [-0.2, -0.15) is 0 Å². The predicted molar refractivity (Wildman–Crippen MR) is 148 cm³/mol. The molecule has 1 saturated heterocycles. The molecule has 0 amide bonds. The fraction of sp³-hybridized carbons (Fsp3) is 0.333. The molecule has 0 bridgehead atoms. The number of hydrogen-bond donors (Lipinski definition) is 0. The Labute approximate surface area is 229 Å². The van der Waals surface area contributed by atoms with E-state index in [9.17, 15) is 0 Å². The summed E-state index contributed by atoms with van der Waals surface area (Å²) < 4.78 is 30.6. The van der Waals surface area contributed by atoms with Gasteiger partial charge in [0.15, 0.2) is 11.5 Å². The molecule has 0 aromatic heterocycles. The Morgan fingerprint density at radius 2 is 1.60 bits per heavy atom. The lowest BCUT2D eigenvalue weighted by Crippen LogP contribution is -2.10. The van der Waals surface area contributed by atoms with Gasteiger partial charge in [0.2, 0.25) is 5.75 Å². The molecule has 0 radical (unpaired) electrons. The minimum Gasteiger partial charge on any atom is -0.493 e. The van der Waals surface area contributed by atoms with Crippen molar-refractivity contribution in [2.45, 2.75) is 42.3 Å². The second kappa shape index (κ2) is 12.0. The molecule has 3 aromatic carbocycles. The summed E-state index contributed by atoms with van der Waals surface area (Å²) in [5.41, 5.74) is 1.93. The Morgan fingerprint density at radius 3 is 2.26 bits per heavy atom. The molecule has 3 atom stereocenters. The zero-order valence-corrected chi connectivity index (χ0v) is 23.8. The van der Waals surface area contributed by atoms with Crippen LogP contribution in [0.1, 0.15) is 43.1 Å². The van der Waals surface area contributed by atoms with Gasteiger partial charge in [0.25, 0.3) is 0 Å². The lowest BCUT2D eigenvalue weighted by molar-refractivity contribution is 0.0419. The number of methoxy groups -OCH3 is 3. The maximum atomic E-state index is 6.56. The molecule has 1 heterocycles. The molecule has 0 aliphatic carbocycles. The maximum absolute atomic E-state index is 6.56. The molecule has 35 heavy (non-hydrogen) atoms. The molecule has 3 aromatic rings. The SMILES string of the molecule is COc1cc(C2CCC(c3cc(I)ccc3OC(C)Sc3ccccc3Cl)O2)cc(OC)c1OC. The highest BCUT2D eigenvalue weighted by atomic mass is 127. The zero-order chi connectivity index (χ0) is 24.9. The first-order valence-corrected chi connectivity index (χ1v) is 13.6. The van der Waals surface area contributed by atoms with Crippen LogP contribution in [0, 0.1) is 3.57 Å². The van der Waals surface area contributed by atoms with Crippen LogP contribution in [0.2, 0.25) is 5.02 Å². The lowest BCUT2D eigenvalue weighted by Gasteiger charge is -2.22. The highest BCUT2D eigenvalue weighted by Crippen LogP contribution is 2.48. The van der Waals surface area contributed by atoms with E-state index in [2.05, 4.69) is 34.7 Å². The van der Waals surface area contributed by atoms with Gasteiger partial charge in [0.1, 0.15) is 11.2 Å². The van der Waals surface area contributed by atoms with E-state index in [1.807, 2.05) is 49.4 Å². The third kappa shape index (κ3) is 6.13. The van der Waals surface area contributed by atoms with Gasteiger partial charge in [0, 0.05) is 14.0 Å². The van der Waals surface area contributed by atoms with Crippen molar-refractivity contribution in [3.63, 3.8) is 0 Å². The first-order valence-electron chi connectivity index (χ1n) is 11.3. The fourth-order valence-electron chi connectivity index (χ4n) is 4.20. The molecule has 0 spiro atoms. The summed E-state index contributed by atoms with van der Waals surface area (Å²) in [5.74, 6) is 2.65. The van der Waals surface area contributed by atoms with E-state index in [-0.39, 0.29) is 17.6 Å². The van der Waals surface area contributed by atoms with Gasteiger partial charge >= 0.3 is 0 Å². The summed E-state index contributed by atoms with van der Waals surface area (Å²) in [6.45, 7) is 2.03. The van der Waals surface area contributed by atoms with Crippen molar-refractivity contribution in [1.82, 2.24) is 0 Å². The molecule has 0 saturated carbocycles. The van der Waals surface area contributed by atoms with E-state index in [0.29, 0.717) is 17.2 Å². The third-order valence-corrected chi connectivity index (χ3v) is 7.97. The first kappa shape index (κ1) is 26.3. The Morgan fingerprint density at radius 1 is 0.914 bits per heavy atom. The molecule has 186 valence electrons. The van der Waals surface area contributed by atoms with E-state index in [1.165, 1.54) is 0 Å². The van der Waals surface area contributed by atoms with E-state index in [0.717, 1.165) is 43.2 Å².